The van der Waals surface area contributed by atoms with Crippen LogP contribution in [0.1, 0.15) is 0 Å². The first-order valence-corrected chi connectivity index (χ1v) is 8.87. The third-order valence-electron chi connectivity index (χ3n) is 4.37. The van der Waals surface area contributed by atoms with Gasteiger partial charge in [-0.15, -0.1) is 5.10 Å². The highest BCUT2D eigenvalue weighted by Gasteiger charge is 2.24. The number of para-hydroxylation sites is 1. The van der Waals surface area contributed by atoms with Crippen LogP contribution in [0.5, 0.6) is 0 Å². The first-order chi connectivity index (χ1) is 14.7. The van der Waals surface area contributed by atoms with Gasteiger partial charge in [-0.2, -0.15) is 4.98 Å². The quantitative estimate of drug-likeness (QED) is 0.488. The maximum absolute atomic E-state index is 14.5. The lowest BCUT2D eigenvalue weighted by molar-refractivity contribution is 0.431. The molecule has 0 radical (unpaired) electrons. The number of benzene rings is 1. The van der Waals surface area contributed by atoms with Gasteiger partial charge in [-0.1, -0.05) is 22.5 Å². The summed E-state index contributed by atoms with van der Waals surface area (Å²) in [5, 5.41) is 12.3. The van der Waals surface area contributed by atoms with E-state index in [1.165, 1.54) is 10.7 Å². The van der Waals surface area contributed by atoms with Crippen molar-refractivity contribution < 1.29 is 8.91 Å². The van der Waals surface area contributed by atoms with Gasteiger partial charge in [-0.05, 0) is 36.4 Å². The number of nitrogens with two attached hydrogens (primary N) is 1. The van der Waals surface area contributed by atoms with E-state index in [2.05, 4.69) is 30.4 Å². The molecule has 5 rings (SSSR count). The van der Waals surface area contributed by atoms with E-state index in [1.54, 1.807) is 61.1 Å². The number of nitrogens with zero attached hydrogens (tertiary/aromatic N) is 7. The van der Waals surface area contributed by atoms with Crippen molar-refractivity contribution in [1.82, 2.24) is 35.1 Å². The zero-order valence-electron chi connectivity index (χ0n) is 15.3. The van der Waals surface area contributed by atoms with Crippen molar-refractivity contribution in [2.24, 2.45) is 0 Å². The van der Waals surface area contributed by atoms with E-state index in [-0.39, 0.29) is 11.6 Å². The fraction of sp³-hybridized carbons (Fsp3) is 0. The molecule has 9 nitrogen and oxygen atoms in total. The molecule has 5 aromatic rings. The zero-order valence-corrected chi connectivity index (χ0v) is 15.3. The van der Waals surface area contributed by atoms with Crippen LogP contribution in [-0.4, -0.2) is 35.1 Å². The number of aromatic nitrogens is 7. The Kier molecular flexibility index (Phi) is 4.21. The van der Waals surface area contributed by atoms with Gasteiger partial charge >= 0.3 is 0 Å². The molecular formula is C20H13FN8O. The molecule has 30 heavy (non-hydrogen) atoms. The second-order valence-corrected chi connectivity index (χ2v) is 6.28. The molecule has 0 bridgehead atoms. The van der Waals surface area contributed by atoms with E-state index in [0.717, 1.165) is 0 Å². The van der Waals surface area contributed by atoms with Crippen LogP contribution in [0.25, 0.3) is 39.9 Å². The van der Waals surface area contributed by atoms with Crippen LogP contribution in [0.4, 0.5) is 10.2 Å². The van der Waals surface area contributed by atoms with E-state index in [4.69, 9.17) is 10.3 Å². The molecule has 0 unspecified atom stereocenters. The van der Waals surface area contributed by atoms with Crippen LogP contribution >= 0.6 is 0 Å². The summed E-state index contributed by atoms with van der Waals surface area (Å²) in [7, 11) is 0. The van der Waals surface area contributed by atoms with Crippen LogP contribution in [0.15, 0.2) is 71.6 Å². The van der Waals surface area contributed by atoms with Crippen LogP contribution < -0.4 is 5.73 Å². The van der Waals surface area contributed by atoms with Crippen molar-refractivity contribution in [3.05, 3.63) is 72.9 Å². The normalized spacial score (nSPS) is 11.0. The maximum Gasteiger partial charge on any atom is 0.281 e. The lowest BCUT2D eigenvalue weighted by Crippen LogP contribution is -2.02. The van der Waals surface area contributed by atoms with E-state index < -0.39 is 5.82 Å². The second kappa shape index (κ2) is 7.17. The molecule has 0 amide bonds. The highest BCUT2D eigenvalue weighted by molar-refractivity contribution is 5.76. The molecule has 0 aliphatic carbocycles. The van der Waals surface area contributed by atoms with Crippen molar-refractivity contribution in [1.29, 1.82) is 0 Å². The molecule has 146 valence electrons. The molecule has 10 heteroatoms. The SMILES string of the molecule is Nc1cc(-c2noc(-c3nnn(-c4ccccc4F)c3-c3ccncc3)n2)ccn1. The van der Waals surface area contributed by atoms with Crippen LogP contribution in [0, 0.1) is 5.82 Å². The minimum atomic E-state index is -0.442. The summed E-state index contributed by atoms with van der Waals surface area (Å²) < 4.78 is 21.3. The fourth-order valence-corrected chi connectivity index (χ4v) is 3.01. The molecule has 0 saturated carbocycles. The highest BCUT2D eigenvalue weighted by Crippen LogP contribution is 2.32. The lowest BCUT2D eigenvalue weighted by Gasteiger charge is -2.08. The first-order valence-electron chi connectivity index (χ1n) is 8.87. The molecule has 4 aromatic heterocycles. The third-order valence-corrected chi connectivity index (χ3v) is 4.37. The molecule has 0 aliphatic rings. The van der Waals surface area contributed by atoms with E-state index in [1.807, 2.05) is 0 Å². The summed E-state index contributed by atoms with van der Waals surface area (Å²) in [6.07, 6.45) is 4.80. The summed E-state index contributed by atoms with van der Waals surface area (Å²) in [6, 6.07) is 13.2. The predicted molar refractivity (Wildman–Crippen MR) is 105 cm³/mol. The Bertz CT molecular complexity index is 1330. The van der Waals surface area contributed by atoms with Crippen molar-refractivity contribution in [2.45, 2.75) is 0 Å². The van der Waals surface area contributed by atoms with Crippen molar-refractivity contribution >= 4 is 5.82 Å². The Morgan fingerprint density at radius 2 is 1.77 bits per heavy atom. The number of rotatable bonds is 4. The maximum atomic E-state index is 14.5. The van der Waals surface area contributed by atoms with Gasteiger partial charge in [-0.3, -0.25) is 4.98 Å². The van der Waals surface area contributed by atoms with E-state index >= 15 is 0 Å². The van der Waals surface area contributed by atoms with Gasteiger partial charge < -0.3 is 10.3 Å². The molecular weight excluding hydrogens is 387 g/mol. The topological polar surface area (TPSA) is 121 Å². The molecule has 0 aliphatic heterocycles. The number of hydrogen-bond acceptors (Lipinski definition) is 8. The summed E-state index contributed by atoms with van der Waals surface area (Å²) in [4.78, 5) is 12.4. The minimum absolute atomic E-state index is 0.134. The fourth-order valence-electron chi connectivity index (χ4n) is 3.01. The molecule has 2 N–H and O–H groups in total. The smallest absolute Gasteiger partial charge is 0.281 e. The van der Waals surface area contributed by atoms with Gasteiger partial charge in [0, 0.05) is 29.7 Å². The molecule has 0 atom stereocenters. The van der Waals surface area contributed by atoms with Gasteiger partial charge in [0.1, 0.15) is 23.0 Å². The average Bonchev–Trinajstić information content (AvgIpc) is 3.42. The van der Waals surface area contributed by atoms with Crippen LogP contribution in [-0.2, 0) is 0 Å². The molecule has 0 spiro atoms. The Balaban J connectivity index is 1.68. The minimum Gasteiger partial charge on any atom is -0.384 e. The van der Waals surface area contributed by atoms with E-state index in [9.17, 15) is 4.39 Å². The zero-order chi connectivity index (χ0) is 20.5. The van der Waals surface area contributed by atoms with Crippen molar-refractivity contribution in [3.8, 4) is 39.9 Å². The first kappa shape index (κ1) is 17.6. The Labute approximate surface area is 169 Å². The summed E-state index contributed by atoms with van der Waals surface area (Å²) in [5.74, 6) is 0.347. The monoisotopic (exact) mass is 400 g/mol. The van der Waals surface area contributed by atoms with Gasteiger partial charge in [0.15, 0.2) is 5.69 Å². The van der Waals surface area contributed by atoms with E-state index in [0.29, 0.717) is 34.2 Å². The largest absolute Gasteiger partial charge is 0.384 e. The standard InChI is InChI=1S/C20H13FN8O/c21-14-3-1-2-4-15(14)29-18(12-5-8-23-9-6-12)17(26-28-29)20-25-19(27-30-20)13-7-10-24-16(22)11-13/h1-11H,(H2,22,24). The highest BCUT2D eigenvalue weighted by atomic mass is 19.1. The average molecular weight is 400 g/mol. The second-order valence-electron chi connectivity index (χ2n) is 6.28. The van der Waals surface area contributed by atoms with Gasteiger partial charge in [0.25, 0.3) is 5.89 Å². The third kappa shape index (κ3) is 3.05. The molecule has 1 aromatic carbocycles. The van der Waals surface area contributed by atoms with Crippen LogP contribution in [0.2, 0.25) is 0 Å². The lowest BCUT2D eigenvalue weighted by atomic mass is 10.1. The summed E-state index contributed by atoms with van der Waals surface area (Å²) >= 11 is 0. The molecule has 0 fully saturated rings. The van der Waals surface area contributed by atoms with Crippen molar-refractivity contribution in [3.63, 3.8) is 0 Å². The number of anilines is 1. The predicted octanol–water partition coefficient (Wildman–Crippen LogP) is 3.16. The van der Waals surface area contributed by atoms with Gasteiger partial charge in [-0.25, -0.2) is 14.1 Å². The van der Waals surface area contributed by atoms with Crippen LogP contribution in [0.3, 0.4) is 0 Å². The summed E-state index contributed by atoms with van der Waals surface area (Å²) in [6.45, 7) is 0. The van der Waals surface area contributed by atoms with Crippen molar-refractivity contribution in [2.75, 3.05) is 5.73 Å². The number of halogens is 1. The number of nitrogen functional groups attached to an aromatic ring is 1. The summed E-state index contributed by atoms with van der Waals surface area (Å²) in [5.41, 5.74) is 8.13. The Morgan fingerprint density at radius 1 is 0.967 bits per heavy atom. The number of pyridine rings is 2. The molecule has 4 heterocycles. The van der Waals surface area contributed by atoms with Gasteiger partial charge in [0.05, 0.1) is 0 Å². The Morgan fingerprint density at radius 3 is 2.57 bits per heavy atom. The number of hydrogen-bond donors (Lipinski definition) is 1. The molecule has 0 saturated heterocycles. The Hall–Kier alpha value is -4.47. The van der Waals surface area contributed by atoms with Gasteiger partial charge in [0.2, 0.25) is 5.82 Å².